The number of carbonyl (C=O) groups excluding carboxylic acids is 2. The molecule has 0 aromatic rings. The number of primary amides is 1. The molecule has 0 spiro atoms. The van der Waals surface area contributed by atoms with E-state index in [1.54, 1.807) is 20.8 Å². The highest BCUT2D eigenvalue weighted by molar-refractivity contribution is 7.80. The predicted octanol–water partition coefficient (Wildman–Crippen LogP) is 0.711. The van der Waals surface area contributed by atoms with Gasteiger partial charge in [-0.1, -0.05) is 27.7 Å². The van der Waals surface area contributed by atoms with Gasteiger partial charge in [0.15, 0.2) is 0 Å². The summed E-state index contributed by atoms with van der Waals surface area (Å²) in [6.45, 7) is 7.35. The Morgan fingerprint density at radius 2 is 1.89 bits per heavy atom. The first kappa shape index (κ1) is 18.2. The lowest BCUT2D eigenvalue weighted by atomic mass is 9.71. The van der Waals surface area contributed by atoms with E-state index >= 15 is 0 Å². The van der Waals surface area contributed by atoms with Gasteiger partial charge in [-0.25, -0.2) is 0 Å². The van der Waals surface area contributed by atoms with Crippen LogP contribution >= 0.6 is 12.6 Å². The van der Waals surface area contributed by atoms with E-state index in [1.807, 2.05) is 6.92 Å². The number of aliphatic hydroxyl groups excluding tert-OH is 1. The normalized spacial score (nSPS) is 16.5. The standard InChI is InChI=1S/C13H26N2O3S/c1-5-13(4,10(14)17)8-12(2,3)11(18)15-6-9(16)7-19/h9,16,19H,5-8H2,1-4H3,(H2,14,17)(H,15,18). The van der Waals surface area contributed by atoms with Gasteiger partial charge in [-0.05, 0) is 12.8 Å². The summed E-state index contributed by atoms with van der Waals surface area (Å²) in [5.41, 5.74) is 3.98. The molecule has 0 bridgehead atoms. The van der Waals surface area contributed by atoms with Gasteiger partial charge in [0.2, 0.25) is 11.8 Å². The first-order chi connectivity index (χ1) is 8.59. The molecule has 2 amide bonds. The minimum atomic E-state index is -0.726. The minimum Gasteiger partial charge on any atom is -0.390 e. The summed E-state index contributed by atoms with van der Waals surface area (Å²) in [4.78, 5) is 23.6. The number of aliphatic hydroxyl groups is 1. The summed E-state index contributed by atoms with van der Waals surface area (Å²) in [5, 5.41) is 12.0. The lowest BCUT2D eigenvalue weighted by Gasteiger charge is -2.33. The summed E-state index contributed by atoms with van der Waals surface area (Å²) in [6.07, 6.45) is 0.282. The van der Waals surface area contributed by atoms with Crippen LogP contribution in [0.3, 0.4) is 0 Å². The van der Waals surface area contributed by atoms with Gasteiger partial charge < -0.3 is 16.2 Å². The van der Waals surface area contributed by atoms with Gasteiger partial charge in [0, 0.05) is 23.1 Å². The van der Waals surface area contributed by atoms with Crippen LogP contribution in [0, 0.1) is 10.8 Å². The van der Waals surface area contributed by atoms with Crippen LogP contribution in [0.1, 0.15) is 40.5 Å². The third kappa shape index (κ3) is 5.40. The van der Waals surface area contributed by atoms with Crippen LogP contribution in [-0.4, -0.2) is 35.3 Å². The number of hydrogen-bond acceptors (Lipinski definition) is 4. The van der Waals surface area contributed by atoms with E-state index < -0.39 is 22.8 Å². The van der Waals surface area contributed by atoms with E-state index in [2.05, 4.69) is 17.9 Å². The largest absolute Gasteiger partial charge is 0.390 e. The molecule has 0 saturated carbocycles. The molecule has 0 radical (unpaired) electrons. The van der Waals surface area contributed by atoms with Crippen molar-refractivity contribution in [2.45, 2.75) is 46.6 Å². The zero-order valence-corrected chi connectivity index (χ0v) is 13.1. The number of nitrogens with two attached hydrogens (primary N) is 1. The smallest absolute Gasteiger partial charge is 0.225 e. The summed E-state index contributed by atoms with van der Waals surface area (Å²) < 4.78 is 0. The summed E-state index contributed by atoms with van der Waals surface area (Å²) >= 11 is 3.94. The molecule has 0 aromatic heterocycles. The number of thiol groups is 1. The molecule has 0 fully saturated rings. The highest BCUT2D eigenvalue weighted by Gasteiger charge is 2.39. The number of hydrogen-bond donors (Lipinski definition) is 4. The molecule has 112 valence electrons. The number of carbonyl (C=O) groups is 2. The van der Waals surface area contributed by atoms with Gasteiger partial charge in [0.25, 0.3) is 0 Å². The van der Waals surface area contributed by atoms with Crippen molar-refractivity contribution in [2.24, 2.45) is 16.6 Å². The van der Waals surface area contributed by atoms with Gasteiger partial charge in [-0.3, -0.25) is 9.59 Å². The van der Waals surface area contributed by atoms with Gasteiger partial charge in [0.1, 0.15) is 0 Å². The molecule has 0 saturated heterocycles. The fourth-order valence-electron chi connectivity index (χ4n) is 1.96. The average molecular weight is 290 g/mol. The maximum absolute atomic E-state index is 12.1. The fourth-order valence-corrected chi connectivity index (χ4v) is 2.09. The number of rotatable bonds is 8. The first-order valence-electron chi connectivity index (χ1n) is 6.46. The molecular weight excluding hydrogens is 264 g/mol. The van der Waals surface area contributed by atoms with E-state index in [-0.39, 0.29) is 18.2 Å². The van der Waals surface area contributed by atoms with Crippen molar-refractivity contribution in [3.8, 4) is 0 Å². The van der Waals surface area contributed by atoms with E-state index in [9.17, 15) is 14.7 Å². The van der Waals surface area contributed by atoms with Crippen molar-refractivity contribution < 1.29 is 14.7 Å². The van der Waals surface area contributed by atoms with Gasteiger partial charge in [0.05, 0.1) is 6.10 Å². The molecular formula is C13H26N2O3S. The monoisotopic (exact) mass is 290 g/mol. The number of amides is 2. The Bertz CT molecular complexity index is 334. The molecule has 0 aliphatic carbocycles. The van der Waals surface area contributed by atoms with Crippen LogP contribution in [-0.2, 0) is 9.59 Å². The van der Waals surface area contributed by atoms with E-state index in [4.69, 9.17) is 5.73 Å². The Morgan fingerprint density at radius 3 is 2.26 bits per heavy atom. The SMILES string of the molecule is CCC(C)(CC(C)(C)C(=O)NCC(O)CS)C(N)=O. The molecule has 0 aliphatic heterocycles. The highest BCUT2D eigenvalue weighted by atomic mass is 32.1. The maximum atomic E-state index is 12.1. The van der Waals surface area contributed by atoms with Crippen LogP contribution in [0.2, 0.25) is 0 Å². The molecule has 6 heteroatoms. The van der Waals surface area contributed by atoms with Crippen molar-refractivity contribution >= 4 is 24.4 Å². The molecule has 2 unspecified atom stereocenters. The summed E-state index contributed by atoms with van der Waals surface area (Å²) in [7, 11) is 0. The molecule has 0 heterocycles. The Morgan fingerprint density at radius 1 is 1.37 bits per heavy atom. The van der Waals surface area contributed by atoms with Crippen LogP contribution in [0.4, 0.5) is 0 Å². The van der Waals surface area contributed by atoms with Crippen LogP contribution in [0.25, 0.3) is 0 Å². The molecule has 5 nitrogen and oxygen atoms in total. The van der Waals surface area contributed by atoms with Crippen LogP contribution in [0.15, 0.2) is 0 Å². The quantitative estimate of drug-likeness (QED) is 0.496. The van der Waals surface area contributed by atoms with Crippen LogP contribution in [0.5, 0.6) is 0 Å². The van der Waals surface area contributed by atoms with Gasteiger partial charge in [-0.15, -0.1) is 0 Å². The molecule has 0 rings (SSSR count). The summed E-state index contributed by atoms with van der Waals surface area (Å²) in [6, 6.07) is 0. The van der Waals surface area contributed by atoms with E-state index in [1.165, 1.54) is 0 Å². The second-order valence-electron chi connectivity index (χ2n) is 5.89. The van der Waals surface area contributed by atoms with Crippen molar-refractivity contribution in [2.75, 3.05) is 12.3 Å². The van der Waals surface area contributed by atoms with Crippen molar-refractivity contribution in [3.63, 3.8) is 0 Å². The average Bonchev–Trinajstić information content (AvgIpc) is 2.34. The van der Waals surface area contributed by atoms with Gasteiger partial charge >= 0.3 is 0 Å². The van der Waals surface area contributed by atoms with Crippen LogP contribution < -0.4 is 11.1 Å². The second-order valence-corrected chi connectivity index (χ2v) is 6.25. The molecule has 4 N–H and O–H groups in total. The van der Waals surface area contributed by atoms with Crippen molar-refractivity contribution in [1.82, 2.24) is 5.32 Å². The zero-order valence-electron chi connectivity index (χ0n) is 12.2. The minimum absolute atomic E-state index is 0.158. The topological polar surface area (TPSA) is 92.4 Å². The lowest BCUT2D eigenvalue weighted by Crippen LogP contribution is -2.46. The second kappa shape index (κ2) is 7.14. The maximum Gasteiger partial charge on any atom is 0.225 e. The third-order valence-electron chi connectivity index (χ3n) is 3.53. The van der Waals surface area contributed by atoms with Crippen molar-refractivity contribution in [1.29, 1.82) is 0 Å². The van der Waals surface area contributed by atoms with Gasteiger partial charge in [-0.2, -0.15) is 12.6 Å². The Hall–Kier alpha value is -0.750. The first-order valence-corrected chi connectivity index (χ1v) is 7.09. The Labute approximate surface area is 120 Å². The molecule has 19 heavy (non-hydrogen) atoms. The highest BCUT2D eigenvalue weighted by Crippen LogP contribution is 2.36. The van der Waals surface area contributed by atoms with E-state index in [0.29, 0.717) is 12.8 Å². The fraction of sp³-hybridized carbons (Fsp3) is 0.846. The Kier molecular flexibility index (Phi) is 6.86. The van der Waals surface area contributed by atoms with Crippen molar-refractivity contribution in [3.05, 3.63) is 0 Å². The molecule has 0 aliphatic rings. The summed E-state index contributed by atoms with van der Waals surface area (Å²) in [5.74, 6) is -0.310. The molecule has 0 aromatic carbocycles. The van der Waals surface area contributed by atoms with E-state index in [0.717, 1.165) is 0 Å². The predicted molar refractivity (Wildman–Crippen MR) is 78.9 cm³/mol. The lowest BCUT2D eigenvalue weighted by molar-refractivity contribution is -0.135. The number of nitrogens with one attached hydrogen (secondary N) is 1. The molecule has 2 atom stereocenters. The zero-order chi connectivity index (χ0) is 15.3. The third-order valence-corrected chi connectivity index (χ3v) is 3.95. The Balaban J connectivity index is 4.69.